The van der Waals surface area contributed by atoms with Crippen LogP contribution in [0, 0.1) is 17.2 Å². The third-order valence-electron chi connectivity index (χ3n) is 5.15. The number of nitrogens with one attached hydrogen (secondary N) is 1. The highest BCUT2D eigenvalue weighted by atomic mass is 19.1. The third-order valence-corrected chi connectivity index (χ3v) is 5.15. The fourth-order valence-electron chi connectivity index (χ4n) is 3.48. The van der Waals surface area contributed by atoms with E-state index in [0.29, 0.717) is 31.7 Å². The summed E-state index contributed by atoms with van der Waals surface area (Å²) in [5.41, 5.74) is 0.151. The molecule has 0 aromatic heterocycles. The Morgan fingerprint density at radius 1 is 1.29 bits per heavy atom. The van der Waals surface area contributed by atoms with Crippen molar-refractivity contribution in [2.75, 3.05) is 19.6 Å². The Labute approximate surface area is 142 Å². The third kappa shape index (κ3) is 3.60. The molecule has 1 unspecified atom stereocenters. The van der Waals surface area contributed by atoms with Crippen LogP contribution < -0.4 is 5.32 Å². The summed E-state index contributed by atoms with van der Waals surface area (Å²) < 4.78 is 12.9. The van der Waals surface area contributed by atoms with Crippen LogP contribution in [-0.4, -0.2) is 36.3 Å². The van der Waals surface area contributed by atoms with Crippen LogP contribution in [0.25, 0.3) is 0 Å². The highest BCUT2D eigenvalue weighted by molar-refractivity contribution is 6.07. The zero-order chi connectivity index (χ0) is 17.2. The highest BCUT2D eigenvalue weighted by Crippen LogP contribution is 2.48. The number of carbonyl (C=O) groups is 2. The van der Waals surface area contributed by atoms with E-state index in [4.69, 9.17) is 0 Å². The molecule has 0 bridgehead atoms. The normalized spacial score (nSPS) is 22.1. The molecule has 1 atom stereocenters. The molecule has 1 aliphatic heterocycles. The number of hydrogen-bond acceptors (Lipinski definition) is 2. The van der Waals surface area contributed by atoms with Gasteiger partial charge in [-0.2, -0.15) is 0 Å². The van der Waals surface area contributed by atoms with Crippen molar-refractivity contribution in [2.45, 2.75) is 39.0 Å². The SMILES string of the molecule is CC1CCCN(C(=O)C2(C(=O)NCCc3ccc(F)cc3)CC2)C1. The summed E-state index contributed by atoms with van der Waals surface area (Å²) in [6, 6.07) is 6.27. The Hall–Kier alpha value is -1.91. The lowest BCUT2D eigenvalue weighted by molar-refractivity contribution is -0.145. The number of likely N-dealkylation sites (tertiary alicyclic amines) is 1. The smallest absolute Gasteiger partial charge is 0.238 e. The van der Waals surface area contributed by atoms with Gasteiger partial charge in [-0.1, -0.05) is 19.1 Å². The van der Waals surface area contributed by atoms with Crippen molar-refractivity contribution in [1.82, 2.24) is 10.2 Å². The number of halogens is 1. The van der Waals surface area contributed by atoms with Gasteiger partial charge in [-0.05, 0) is 55.7 Å². The number of carbonyl (C=O) groups excluding carboxylic acids is 2. The molecular formula is C19H25FN2O2. The van der Waals surface area contributed by atoms with Crippen molar-refractivity contribution in [3.8, 4) is 0 Å². The summed E-state index contributed by atoms with van der Waals surface area (Å²) in [6.45, 7) is 4.16. The molecule has 5 heteroatoms. The van der Waals surface area contributed by atoms with Crippen LogP contribution in [0.4, 0.5) is 4.39 Å². The monoisotopic (exact) mass is 332 g/mol. The number of benzene rings is 1. The first kappa shape index (κ1) is 16.9. The molecule has 130 valence electrons. The second-order valence-corrected chi connectivity index (χ2v) is 7.21. The molecule has 1 saturated carbocycles. The average Bonchev–Trinajstić information content (AvgIpc) is 3.38. The number of nitrogens with zero attached hydrogens (tertiary/aromatic N) is 1. The van der Waals surface area contributed by atoms with E-state index in [9.17, 15) is 14.0 Å². The Morgan fingerprint density at radius 3 is 2.62 bits per heavy atom. The Kier molecular flexibility index (Phi) is 4.88. The van der Waals surface area contributed by atoms with Gasteiger partial charge in [-0.3, -0.25) is 9.59 Å². The molecule has 0 spiro atoms. The van der Waals surface area contributed by atoms with Gasteiger partial charge in [-0.15, -0.1) is 0 Å². The fourth-order valence-corrected chi connectivity index (χ4v) is 3.48. The molecule has 1 aromatic carbocycles. The minimum atomic E-state index is -0.820. The second kappa shape index (κ2) is 6.91. The molecule has 1 heterocycles. The van der Waals surface area contributed by atoms with Crippen LogP contribution in [0.5, 0.6) is 0 Å². The summed E-state index contributed by atoms with van der Waals surface area (Å²) in [4.78, 5) is 27.2. The van der Waals surface area contributed by atoms with Gasteiger partial charge >= 0.3 is 0 Å². The topological polar surface area (TPSA) is 49.4 Å². The maximum Gasteiger partial charge on any atom is 0.238 e. The Bertz CT molecular complexity index is 610. The van der Waals surface area contributed by atoms with E-state index in [1.54, 1.807) is 12.1 Å². The molecule has 24 heavy (non-hydrogen) atoms. The summed E-state index contributed by atoms with van der Waals surface area (Å²) >= 11 is 0. The predicted octanol–water partition coefficient (Wildman–Crippen LogP) is 2.52. The van der Waals surface area contributed by atoms with Gasteiger partial charge in [0.15, 0.2) is 0 Å². The maximum atomic E-state index is 12.9. The zero-order valence-corrected chi connectivity index (χ0v) is 14.2. The minimum absolute atomic E-state index is 0.00771. The average molecular weight is 332 g/mol. The molecule has 1 aliphatic carbocycles. The van der Waals surface area contributed by atoms with Crippen LogP contribution in [0.3, 0.4) is 0 Å². The van der Waals surface area contributed by atoms with Crippen LogP contribution in [-0.2, 0) is 16.0 Å². The minimum Gasteiger partial charge on any atom is -0.355 e. The molecular weight excluding hydrogens is 307 g/mol. The standard InChI is InChI=1S/C19H25FN2O2/c1-14-3-2-12-22(13-14)18(24)19(9-10-19)17(23)21-11-8-15-4-6-16(20)7-5-15/h4-7,14H,2-3,8-13H2,1H3,(H,21,23). The van der Waals surface area contributed by atoms with Gasteiger partial charge in [0.05, 0.1) is 0 Å². The van der Waals surface area contributed by atoms with Crippen molar-refractivity contribution < 1.29 is 14.0 Å². The highest BCUT2D eigenvalue weighted by Gasteiger charge is 2.58. The van der Waals surface area contributed by atoms with E-state index in [1.807, 2.05) is 4.90 Å². The van der Waals surface area contributed by atoms with Crippen LogP contribution in [0.1, 0.15) is 38.2 Å². The van der Waals surface area contributed by atoms with E-state index in [1.165, 1.54) is 12.1 Å². The first-order valence-electron chi connectivity index (χ1n) is 8.83. The molecule has 2 fully saturated rings. The van der Waals surface area contributed by atoms with Gasteiger partial charge in [0.25, 0.3) is 0 Å². The van der Waals surface area contributed by atoms with Crippen LogP contribution >= 0.6 is 0 Å². The van der Waals surface area contributed by atoms with Gasteiger partial charge in [0.1, 0.15) is 11.2 Å². The summed E-state index contributed by atoms with van der Waals surface area (Å²) in [5, 5.41) is 2.90. The predicted molar refractivity (Wildman–Crippen MR) is 89.8 cm³/mol. The lowest BCUT2D eigenvalue weighted by Gasteiger charge is -2.33. The van der Waals surface area contributed by atoms with Crippen molar-refractivity contribution in [3.05, 3.63) is 35.6 Å². The van der Waals surface area contributed by atoms with Gasteiger partial charge in [0.2, 0.25) is 11.8 Å². The largest absolute Gasteiger partial charge is 0.355 e. The number of hydrogen-bond donors (Lipinski definition) is 1. The van der Waals surface area contributed by atoms with Crippen molar-refractivity contribution >= 4 is 11.8 Å². The molecule has 2 aliphatic rings. The lowest BCUT2D eigenvalue weighted by Crippen LogP contribution is -2.48. The van der Waals surface area contributed by atoms with Crippen molar-refractivity contribution in [3.63, 3.8) is 0 Å². The summed E-state index contributed by atoms with van der Waals surface area (Å²) in [5.74, 6) is 0.113. The molecule has 2 amide bonds. The van der Waals surface area contributed by atoms with E-state index >= 15 is 0 Å². The first-order chi connectivity index (χ1) is 11.5. The molecule has 4 nitrogen and oxygen atoms in total. The van der Waals surface area contributed by atoms with Crippen molar-refractivity contribution in [1.29, 1.82) is 0 Å². The fraction of sp³-hybridized carbons (Fsp3) is 0.579. The Balaban J connectivity index is 1.52. The van der Waals surface area contributed by atoms with E-state index in [-0.39, 0.29) is 17.6 Å². The summed E-state index contributed by atoms with van der Waals surface area (Å²) in [7, 11) is 0. The summed E-state index contributed by atoms with van der Waals surface area (Å²) in [6.07, 6.45) is 4.12. The molecule has 0 radical (unpaired) electrons. The van der Waals surface area contributed by atoms with Gasteiger partial charge < -0.3 is 10.2 Å². The molecule has 1 N–H and O–H groups in total. The van der Waals surface area contributed by atoms with Gasteiger partial charge in [0, 0.05) is 19.6 Å². The van der Waals surface area contributed by atoms with Gasteiger partial charge in [-0.25, -0.2) is 4.39 Å². The first-order valence-corrected chi connectivity index (χ1v) is 8.83. The van der Waals surface area contributed by atoms with E-state index in [0.717, 1.165) is 31.5 Å². The molecule has 3 rings (SSSR count). The van der Waals surface area contributed by atoms with Crippen molar-refractivity contribution in [2.24, 2.45) is 11.3 Å². The van der Waals surface area contributed by atoms with E-state index in [2.05, 4.69) is 12.2 Å². The van der Waals surface area contributed by atoms with Crippen LogP contribution in [0.15, 0.2) is 24.3 Å². The lowest BCUT2D eigenvalue weighted by atomic mass is 9.96. The zero-order valence-electron chi connectivity index (χ0n) is 14.2. The number of amides is 2. The number of piperidine rings is 1. The number of rotatable bonds is 5. The Morgan fingerprint density at radius 2 is 2.00 bits per heavy atom. The quantitative estimate of drug-likeness (QED) is 0.843. The van der Waals surface area contributed by atoms with E-state index < -0.39 is 5.41 Å². The molecule has 1 saturated heterocycles. The second-order valence-electron chi connectivity index (χ2n) is 7.21. The molecule has 1 aromatic rings. The maximum absolute atomic E-state index is 12.9. The van der Waals surface area contributed by atoms with Crippen LogP contribution in [0.2, 0.25) is 0 Å².